The number of morpholine rings is 1. The molecule has 0 radical (unpaired) electrons. The average Bonchev–Trinajstić information content (AvgIpc) is 2.99. The van der Waals surface area contributed by atoms with Crippen LogP contribution in [-0.4, -0.2) is 53.4 Å². The van der Waals surface area contributed by atoms with Gasteiger partial charge in [-0.1, -0.05) is 36.4 Å². The van der Waals surface area contributed by atoms with Crippen LogP contribution in [0.1, 0.15) is 34.1 Å². The van der Waals surface area contributed by atoms with Crippen LogP contribution in [0.5, 0.6) is 0 Å². The number of pyridine rings is 1. The van der Waals surface area contributed by atoms with E-state index in [9.17, 15) is 32.7 Å². The summed E-state index contributed by atoms with van der Waals surface area (Å²) >= 11 is 0. The zero-order chi connectivity index (χ0) is 33.5. The molecule has 2 N–H and O–H groups in total. The van der Waals surface area contributed by atoms with Crippen molar-refractivity contribution < 1.29 is 41.4 Å². The number of aliphatic carboxylic acids is 1. The number of ether oxygens (including phenoxy) is 1. The molecule has 0 bridgehead atoms. The van der Waals surface area contributed by atoms with Gasteiger partial charge >= 0.3 is 12.1 Å². The molecule has 2 heterocycles. The second-order valence-corrected chi connectivity index (χ2v) is 11.2. The summed E-state index contributed by atoms with van der Waals surface area (Å²) in [6, 6.07) is 9.93. The smallest absolute Gasteiger partial charge is 0.417 e. The van der Waals surface area contributed by atoms with E-state index in [1.807, 2.05) is 6.92 Å². The van der Waals surface area contributed by atoms with Crippen molar-refractivity contribution in [2.45, 2.75) is 38.5 Å². The Bertz CT molecular complexity index is 1880. The lowest BCUT2D eigenvalue weighted by Gasteiger charge is -2.35. The van der Waals surface area contributed by atoms with Gasteiger partial charge in [-0.05, 0) is 53.9 Å². The highest BCUT2D eigenvalue weighted by Gasteiger charge is 2.36. The fourth-order valence-electron chi connectivity index (χ4n) is 5.77. The molecule has 0 spiro atoms. The van der Waals surface area contributed by atoms with Crippen molar-refractivity contribution in [2.24, 2.45) is 7.05 Å². The number of anilines is 1. The van der Waals surface area contributed by atoms with Crippen molar-refractivity contribution in [3.05, 3.63) is 99.0 Å². The second kappa shape index (κ2) is 12.5. The normalized spacial score (nSPS) is 16.0. The summed E-state index contributed by atoms with van der Waals surface area (Å²) in [5.74, 6) is -5.15. The van der Waals surface area contributed by atoms with Gasteiger partial charge in [-0.25, -0.2) is 13.6 Å². The number of carbonyl (C=O) groups excluding carboxylic acids is 1. The molecule has 1 aliphatic rings. The molecule has 46 heavy (non-hydrogen) atoms. The number of carboxylic acids is 1. The molecule has 242 valence electrons. The van der Waals surface area contributed by atoms with E-state index in [-0.39, 0.29) is 34.8 Å². The summed E-state index contributed by atoms with van der Waals surface area (Å²) in [7, 11) is 1.36. The number of rotatable bonds is 7. The van der Waals surface area contributed by atoms with Crippen LogP contribution in [0.3, 0.4) is 0 Å². The van der Waals surface area contributed by atoms with Crippen LogP contribution in [0.25, 0.3) is 21.9 Å². The third kappa shape index (κ3) is 6.19. The lowest BCUT2D eigenvalue weighted by Crippen LogP contribution is -2.44. The summed E-state index contributed by atoms with van der Waals surface area (Å²) in [6.07, 6.45) is -5.22. The fourth-order valence-corrected chi connectivity index (χ4v) is 5.77. The predicted molar refractivity (Wildman–Crippen MR) is 161 cm³/mol. The van der Waals surface area contributed by atoms with E-state index in [1.165, 1.54) is 32.2 Å². The Morgan fingerprint density at radius 2 is 1.72 bits per heavy atom. The maximum Gasteiger partial charge on any atom is 0.417 e. The zero-order valence-corrected chi connectivity index (χ0v) is 25.0. The quantitative estimate of drug-likeness (QED) is 0.260. The number of hydrogen-bond donors (Lipinski definition) is 2. The minimum Gasteiger partial charge on any atom is -0.480 e. The molecule has 1 fully saturated rings. The first-order valence-electron chi connectivity index (χ1n) is 14.3. The average molecular weight is 644 g/mol. The van der Waals surface area contributed by atoms with Gasteiger partial charge in [0.2, 0.25) is 0 Å². The van der Waals surface area contributed by atoms with Crippen LogP contribution < -0.4 is 15.8 Å². The van der Waals surface area contributed by atoms with Crippen LogP contribution >= 0.6 is 0 Å². The summed E-state index contributed by atoms with van der Waals surface area (Å²) in [5, 5.41) is 12.7. The Kier molecular flexibility index (Phi) is 8.89. The number of fused-ring (bicyclic) bond motifs is 1. The first kappa shape index (κ1) is 32.6. The molecule has 1 saturated heterocycles. The van der Waals surface area contributed by atoms with Crippen LogP contribution in [0.2, 0.25) is 0 Å². The molecule has 0 unspecified atom stereocenters. The second-order valence-electron chi connectivity index (χ2n) is 11.2. The number of aryl methyl sites for hydroxylation is 1. The van der Waals surface area contributed by atoms with Crippen LogP contribution in [0.4, 0.5) is 27.6 Å². The van der Waals surface area contributed by atoms with Gasteiger partial charge in [-0.15, -0.1) is 0 Å². The molecule has 5 rings (SSSR count). The topological polar surface area (TPSA) is 101 Å². The molecule has 1 aliphatic heterocycles. The van der Waals surface area contributed by atoms with Gasteiger partial charge in [0.1, 0.15) is 23.2 Å². The number of hydrogen-bond acceptors (Lipinski definition) is 5. The molecule has 2 atom stereocenters. The number of carboxylic acid groups (broad SMARTS) is 1. The number of halogens is 5. The van der Waals surface area contributed by atoms with Crippen molar-refractivity contribution >= 4 is 28.3 Å². The molecular weight excluding hydrogens is 613 g/mol. The van der Waals surface area contributed by atoms with Crippen molar-refractivity contribution in [1.82, 2.24) is 9.88 Å². The molecule has 1 aromatic heterocycles. The van der Waals surface area contributed by atoms with Gasteiger partial charge in [0.25, 0.3) is 11.5 Å². The summed E-state index contributed by atoms with van der Waals surface area (Å²) in [6.45, 7) is 4.30. The number of alkyl halides is 3. The summed E-state index contributed by atoms with van der Waals surface area (Å²) < 4.78 is 79.0. The first-order chi connectivity index (χ1) is 21.7. The van der Waals surface area contributed by atoms with Crippen molar-refractivity contribution in [1.29, 1.82) is 0 Å². The van der Waals surface area contributed by atoms with Gasteiger partial charge in [0.05, 0.1) is 24.3 Å². The van der Waals surface area contributed by atoms with E-state index in [1.54, 1.807) is 23.1 Å². The maximum atomic E-state index is 15.1. The highest BCUT2D eigenvalue weighted by Crippen LogP contribution is 2.39. The van der Waals surface area contributed by atoms with Gasteiger partial charge in [-0.3, -0.25) is 9.59 Å². The van der Waals surface area contributed by atoms with E-state index >= 15 is 8.78 Å². The van der Waals surface area contributed by atoms with E-state index < -0.39 is 58.0 Å². The first-order valence-corrected chi connectivity index (χ1v) is 14.3. The Labute approximate surface area is 260 Å². The SMILES string of the molecule is Cc1cc(C(F)(F)F)c(-c2ccc(C[C@H](NC(=O)c3c(F)cc(N4CCOC[C@@H]4C)cc3F)C(=O)O)c3ccccc23)c(=O)n1C. The lowest BCUT2D eigenvalue weighted by molar-refractivity contribution is -0.139. The van der Waals surface area contributed by atoms with E-state index in [4.69, 9.17) is 4.74 Å². The molecule has 1 amide bonds. The summed E-state index contributed by atoms with van der Waals surface area (Å²) in [5.41, 5.74) is -2.87. The number of amides is 1. The number of aromatic nitrogens is 1. The highest BCUT2D eigenvalue weighted by molar-refractivity contribution is 6.00. The molecule has 3 aromatic carbocycles. The van der Waals surface area contributed by atoms with Crippen molar-refractivity contribution in [3.63, 3.8) is 0 Å². The van der Waals surface area contributed by atoms with E-state index in [0.29, 0.717) is 30.7 Å². The van der Waals surface area contributed by atoms with E-state index in [0.717, 1.165) is 22.8 Å². The Morgan fingerprint density at radius 1 is 1.07 bits per heavy atom. The molecule has 8 nitrogen and oxygen atoms in total. The molecule has 0 aliphatic carbocycles. The maximum absolute atomic E-state index is 15.1. The van der Waals surface area contributed by atoms with Gasteiger partial charge in [0, 0.05) is 37.4 Å². The molecule has 4 aromatic rings. The Balaban J connectivity index is 1.49. The highest BCUT2D eigenvalue weighted by atomic mass is 19.4. The van der Waals surface area contributed by atoms with Crippen molar-refractivity contribution in [2.75, 3.05) is 24.7 Å². The minimum absolute atomic E-state index is 0.0120. The molecule has 13 heteroatoms. The Hall–Kier alpha value is -4.78. The standard InChI is InChI=1S/C33H30F5N3O5/c1-17-12-24(33(36,37)38)28(31(43)40(17)3)23-9-8-19(21-6-4-5-7-22(21)23)13-27(32(44)45)39-30(42)29-25(34)14-20(15-26(29)35)41-10-11-46-16-18(41)2/h4-9,12,14-15,18,27H,10-11,13,16H2,1-3H3,(H,39,42)(H,44,45)/t18-,27-/m0/s1. The lowest BCUT2D eigenvalue weighted by atomic mass is 9.90. The fraction of sp³-hybridized carbons (Fsp3) is 0.303. The van der Waals surface area contributed by atoms with Crippen molar-refractivity contribution in [3.8, 4) is 11.1 Å². The Morgan fingerprint density at radius 3 is 2.33 bits per heavy atom. The zero-order valence-electron chi connectivity index (χ0n) is 25.0. The van der Waals surface area contributed by atoms with Crippen LogP contribution in [0.15, 0.2) is 59.4 Å². The van der Waals surface area contributed by atoms with Crippen LogP contribution in [0, 0.1) is 18.6 Å². The molecule has 0 saturated carbocycles. The number of carbonyl (C=O) groups is 2. The summed E-state index contributed by atoms with van der Waals surface area (Å²) in [4.78, 5) is 40.2. The number of benzene rings is 3. The minimum atomic E-state index is -4.84. The molecular formula is C33H30F5N3O5. The third-order valence-corrected chi connectivity index (χ3v) is 8.24. The monoisotopic (exact) mass is 643 g/mol. The third-order valence-electron chi connectivity index (χ3n) is 8.24. The van der Waals surface area contributed by atoms with Crippen LogP contribution in [-0.2, 0) is 29.2 Å². The van der Waals surface area contributed by atoms with E-state index in [2.05, 4.69) is 5.32 Å². The predicted octanol–water partition coefficient (Wildman–Crippen LogP) is 5.46. The van der Waals surface area contributed by atoms with Gasteiger partial charge in [-0.2, -0.15) is 13.2 Å². The van der Waals surface area contributed by atoms with Gasteiger partial charge < -0.3 is 24.6 Å². The van der Waals surface area contributed by atoms with Gasteiger partial charge in [0.15, 0.2) is 0 Å². The largest absolute Gasteiger partial charge is 0.480 e. The number of nitrogens with zero attached hydrogens (tertiary/aromatic N) is 2. The number of nitrogens with one attached hydrogen (secondary N) is 1.